The lowest BCUT2D eigenvalue weighted by Gasteiger charge is -2.04. The quantitative estimate of drug-likeness (QED) is 0.684. The van der Waals surface area contributed by atoms with Crippen LogP contribution in [0, 0.1) is 18.6 Å². The van der Waals surface area contributed by atoms with Crippen molar-refractivity contribution in [1.82, 2.24) is 19.9 Å². The van der Waals surface area contributed by atoms with Gasteiger partial charge in [0.25, 0.3) is 5.91 Å². The Morgan fingerprint density at radius 2 is 2.08 bits per heavy atom. The third-order valence-corrected chi connectivity index (χ3v) is 4.79. The van der Waals surface area contributed by atoms with Crippen molar-refractivity contribution in [3.63, 3.8) is 0 Å². The Bertz CT molecular complexity index is 857. The average molecular weight is 362 g/mol. The molecule has 0 spiro atoms. The van der Waals surface area contributed by atoms with Gasteiger partial charge in [0, 0.05) is 25.5 Å². The Hall–Kier alpha value is -2.61. The molecule has 0 aliphatic heterocycles. The minimum Gasteiger partial charge on any atom is -0.351 e. The van der Waals surface area contributed by atoms with Crippen molar-refractivity contribution in [2.24, 2.45) is 0 Å². The third-order valence-electron chi connectivity index (χ3n) is 3.62. The van der Waals surface area contributed by atoms with Crippen molar-refractivity contribution >= 4 is 17.2 Å². The van der Waals surface area contributed by atoms with Gasteiger partial charge in [0.15, 0.2) is 0 Å². The van der Waals surface area contributed by atoms with Crippen LogP contribution in [0.2, 0.25) is 0 Å². The van der Waals surface area contributed by atoms with Gasteiger partial charge in [-0.3, -0.25) is 4.79 Å². The van der Waals surface area contributed by atoms with Gasteiger partial charge in [-0.2, -0.15) is 0 Å². The zero-order chi connectivity index (χ0) is 17.8. The first-order valence-electron chi connectivity index (χ1n) is 7.72. The van der Waals surface area contributed by atoms with E-state index in [0.717, 1.165) is 24.3 Å². The van der Waals surface area contributed by atoms with Crippen LogP contribution in [0.3, 0.4) is 0 Å². The lowest BCUT2D eigenvalue weighted by atomic mass is 10.2. The van der Waals surface area contributed by atoms with Crippen LogP contribution in [-0.2, 0) is 6.54 Å². The number of aromatic nitrogens is 3. The van der Waals surface area contributed by atoms with E-state index in [4.69, 9.17) is 0 Å². The highest BCUT2D eigenvalue weighted by molar-refractivity contribution is 7.17. The van der Waals surface area contributed by atoms with Crippen LogP contribution in [0.15, 0.2) is 36.9 Å². The van der Waals surface area contributed by atoms with Crippen molar-refractivity contribution in [2.75, 3.05) is 6.54 Å². The number of hydrogen-bond acceptors (Lipinski definition) is 4. The number of thiazole rings is 1. The van der Waals surface area contributed by atoms with E-state index in [2.05, 4.69) is 15.3 Å². The first-order valence-corrected chi connectivity index (χ1v) is 8.53. The van der Waals surface area contributed by atoms with E-state index in [1.54, 1.807) is 19.4 Å². The van der Waals surface area contributed by atoms with Crippen molar-refractivity contribution in [2.45, 2.75) is 19.9 Å². The second kappa shape index (κ2) is 7.52. The molecular weight excluding hydrogens is 346 g/mol. The van der Waals surface area contributed by atoms with Crippen LogP contribution in [0.4, 0.5) is 8.78 Å². The summed E-state index contributed by atoms with van der Waals surface area (Å²) in [6.45, 7) is 2.88. The van der Waals surface area contributed by atoms with Crippen molar-refractivity contribution in [3.8, 4) is 10.6 Å². The minimum absolute atomic E-state index is 0.164. The second-order valence-corrected chi connectivity index (χ2v) is 6.44. The first kappa shape index (κ1) is 17.2. The molecule has 0 saturated heterocycles. The number of hydrogen-bond donors (Lipinski definition) is 1. The van der Waals surface area contributed by atoms with E-state index >= 15 is 0 Å². The molecule has 0 aliphatic carbocycles. The van der Waals surface area contributed by atoms with E-state index < -0.39 is 11.6 Å². The Balaban J connectivity index is 1.66. The highest BCUT2D eigenvalue weighted by Gasteiger charge is 2.20. The largest absolute Gasteiger partial charge is 0.351 e. The molecule has 2 heterocycles. The van der Waals surface area contributed by atoms with Crippen LogP contribution in [0.25, 0.3) is 10.6 Å². The summed E-state index contributed by atoms with van der Waals surface area (Å²) in [4.78, 5) is 20.8. The van der Waals surface area contributed by atoms with Crippen LogP contribution in [-0.4, -0.2) is 27.0 Å². The summed E-state index contributed by atoms with van der Waals surface area (Å²) >= 11 is 0.986. The summed E-state index contributed by atoms with van der Waals surface area (Å²) in [5.74, 6) is -1.68. The molecule has 8 heteroatoms. The lowest BCUT2D eigenvalue weighted by Crippen LogP contribution is -2.25. The highest BCUT2D eigenvalue weighted by Crippen LogP contribution is 2.31. The number of benzene rings is 1. The molecule has 3 aromatic rings. The zero-order valence-corrected chi connectivity index (χ0v) is 14.3. The smallest absolute Gasteiger partial charge is 0.263 e. The number of rotatable bonds is 6. The van der Waals surface area contributed by atoms with Crippen LogP contribution in [0.1, 0.15) is 21.8 Å². The monoisotopic (exact) mass is 362 g/mol. The Kier molecular flexibility index (Phi) is 5.18. The molecule has 2 aromatic heterocycles. The zero-order valence-electron chi connectivity index (χ0n) is 13.5. The van der Waals surface area contributed by atoms with E-state index in [0.29, 0.717) is 17.1 Å². The molecular formula is C17H16F2N4OS. The molecule has 0 bridgehead atoms. The molecule has 1 aromatic carbocycles. The highest BCUT2D eigenvalue weighted by atomic mass is 32.1. The molecule has 25 heavy (non-hydrogen) atoms. The maximum Gasteiger partial charge on any atom is 0.263 e. The summed E-state index contributed by atoms with van der Waals surface area (Å²) in [6, 6.07) is 3.64. The van der Waals surface area contributed by atoms with Gasteiger partial charge in [0.2, 0.25) is 0 Å². The van der Waals surface area contributed by atoms with Gasteiger partial charge in [-0.25, -0.2) is 18.7 Å². The normalized spacial score (nSPS) is 10.8. The number of nitrogens with one attached hydrogen (secondary N) is 1. The fourth-order valence-corrected chi connectivity index (χ4v) is 3.41. The maximum atomic E-state index is 13.9. The van der Waals surface area contributed by atoms with Crippen LogP contribution < -0.4 is 5.32 Å². The summed E-state index contributed by atoms with van der Waals surface area (Å²) in [5, 5.41) is 2.97. The molecule has 1 amide bonds. The molecule has 130 valence electrons. The number of imidazole rings is 1. The van der Waals surface area contributed by atoms with Gasteiger partial charge < -0.3 is 9.88 Å². The van der Waals surface area contributed by atoms with Crippen molar-refractivity contribution in [1.29, 1.82) is 0 Å². The van der Waals surface area contributed by atoms with Gasteiger partial charge in [-0.05, 0) is 25.5 Å². The lowest BCUT2D eigenvalue weighted by molar-refractivity contribution is 0.0956. The van der Waals surface area contributed by atoms with E-state index in [1.807, 2.05) is 10.8 Å². The van der Waals surface area contributed by atoms with Gasteiger partial charge >= 0.3 is 0 Å². The van der Waals surface area contributed by atoms with Crippen LogP contribution >= 0.6 is 11.3 Å². The summed E-state index contributed by atoms with van der Waals surface area (Å²) in [7, 11) is 0. The number of nitrogens with zero attached hydrogens (tertiary/aromatic N) is 3. The number of carbonyl (C=O) groups excluding carboxylic acids is 1. The third kappa shape index (κ3) is 3.90. The number of aryl methyl sites for hydroxylation is 2. The SMILES string of the molecule is Cc1nc(-c2c(F)cccc2F)sc1C(=O)NCCCn1ccnc1. The number of carbonyl (C=O) groups is 1. The van der Waals surface area contributed by atoms with Gasteiger partial charge in [-0.15, -0.1) is 11.3 Å². The van der Waals surface area contributed by atoms with Gasteiger partial charge in [0.1, 0.15) is 21.5 Å². The molecule has 0 saturated carbocycles. The molecule has 1 N–H and O–H groups in total. The van der Waals surface area contributed by atoms with Gasteiger partial charge in [0.05, 0.1) is 17.6 Å². The molecule has 0 atom stereocenters. The summed E-state index contributed by atoms with van der Waals surface area (Å²) in [5.41, 5.74) is 0.254. The fourth-order valence-electron chi connectivity index (χ4n) is 2.38. The van der Waals surface area contributed by atoms with E-state index in [9.17, 15) is 13.6 Å². The molecule has 0 unspecified atom stereocenters. The summed E-state index contributed by atoms with van der Waals surface area (Å²) < 4.78 is 29.7. The molecule has 3 rings (SSSR count). The van der Waals surface area contributed by atoms with Gasteiger partial charge in [-0.1, -0.05) is 6.07 Å². The maximum absolute atomic E-state index is 13.9. The first-order chi connectivity index (χ1) is 12.1. The molecule has 5 nitrogen and oxygen atoms in total. The van der Waals surface area contributed by atoms with E-state index in [1.165, 1.54) is 18.2 Å². The summed E-state index contributed by atoms with van der Waals surface area (Å²) in [6.07, 6.45) is 6.01. The minimum atomic E-state index is -0.693. The van der Waals surface area contributed by atoms with Crippen LogP contribution in [0.5, 0.6) is 0 Å². The number of halogens is 2. The average Bonchev–Trinajstić information content (AvgIpc) is 3.21. The second-order valence-electron chi connectivity index (χ2n) is 5.44. The topological polar surface area (TPSA) is 59.8 Å². The molecule has 0 aliphatic rings. The van der Waals surface area contributed by atoms with Crippen molar-refractivity contribution in [3.05, 3.63) is 59.1 Å². The predicted molar refractivity (Wildman–Crippen MR) is 91.4 cm³/mol. The standard InChI is InChI=1S/C17H16F2N4OS/c1-11-15(16(24)21-6-3-8-23-9-7-20-10-23)25-17(22-11)14-12(18)4-2-5-13(14)19/h2,4-5,7,9-10H,3,6,8H2,1H3,(H,21,24). The Morgan fingerprint density at radius 3 is 2.76 bits per heavy atom. The number of amides is 1. The Morgan fingerprint density at radius 1 is 1.32 bits per heavy atom. The Labute approximate surface area is 147 Å². The van der Waals surface area contributed by atoms with E-state index in [-0.39, 0.29) is 16.5 Å². The molecule has 0 radical (unpaired) electrons. The molecule has 0 fully saturated rings. The fraction of sp³-hybridized carbons (Fsp3) is 0.235. The van der Waals surface area contributed by atoms with Crippen molar-refractivity contribution < 1.29 is 13.6 Å². The predicted octanol–water partition coefficient (Wildman–Crippen LogP) is 3.41.